The maximum absolute atomic E-state index is 5.83. The van der Waals surface area contributed by atoms with E-state index in [1.54, 1.807) is 7.11 Å². The normalized spacial score (nSPS) is 12.2. The summed E-state index contributed by atoms with van der Waals surface area (Å²) >= 11 is 0. The molecule has 1 N–H and O–H groups in total. The molecule has 0 spiro atoms. The molecule has 1 aromatic rings. The summed E-state index contributed by atoms with van der Waals surface area (Å²) in [6.07, 6.45) is 0.00354. The van der Waals surface area contributed by atoms with E-state index in [9.17, 15) is 0 Å². The fourth-order valence-electron chi connectivity index (χ4n) is 1.78. The molecule has 0 aliphatic carbocycles. The first kappa shape index (κ1) is 15.8. The van der Waals surface area contributed by atoms with E-state index in [2.05, 4.69) is 18.3 Å². The van der Waals surface area contributed by atoms with Crippen LogP contribution >= 0.6 is 0 Å². The predicted octanol–water partition coefficient (Wildman–Crippen LogP) is 2.61. The summed E-state index contributed by atoms with van der Waals surface area (Å²) in [6.45, 7) is 9.01. The molecule has 0 heterocycles. The van der Waals surface area contributed by atoms with E-state index in [0.29, 0.717) is 13.2 Å². The summed E-state index contributed by atoms with van der Waals surface area (Å²) in [7, 11) is 1.67. The van der Waals surface area contributed by atoms with Crippen LogP contribution in [0.5, 0.6) is 11.5 Å². The second-order valence-electron chi connectivity index (χ2n) is 4.38. The Morgan fingerprint density at radius 2 is 2.00 bits per heavy atom. The Morgan fingerprint density at radius 3 is 2.63 bits per heavy atom. The highest BCUT2D eigenvalue weighted by atomic mass is 16.5. The third kappa shape index (κ3) is 5.49. The standard InChI is InChI=1S/C15H25NO3/c1-5-16-10-13-7-8-14(15(9-13)18-6-2)19-12(3)11-17-4/h7-9,12,16H,5-6,10-11H2,1-4H3. The van der Waals surface area contributed by atoms with Crippen LogP contribution in [0.25, 0.3) is 0 Å². The zero-order valence-electron chi connectivity index (χ0n) is 12.4. The van der Waals surface area contributed by atoms with Gasteiger partial charge in [0.1, 0.15) is 6.10 Å². The molecule has 0 bridgehead atoms. The van der Waals surface area contributed by atoms with Gasteiger partial charge in [-0.1, -0.05) is 13.0 Å². The minimum atomic E-state index is 0.00354. The Morgan fingerprint density at radius 1 is 1.21 bits per heavy atom. The number of rotatable bonds is 9. The van der Waals surface area contributed by atoms with Gasteiger partial charge in [0, 0.05) is 13.7 Å². The summed E-state index contributed by atoms with van der Waals surface area (Å²) in [5, 5.41) is 3.30. The largest absolute Gasteiger partial charge is 0.490 e. The van der Waals surface area contributed by atoms with E-state index in [4.69, 9.17) is 14.2 Å². The molecule has 1 aromatic carbocycles. The summed E-state index contributed by atoms with van der Waals surface area (Å²) in [4.78, 5) is 0. The van der Waals surface area contributed by atoms with Crippen molar-refractivity contribution in [2.75, 3.05) is 26.9 Å². The highest BCUT2D eigenvalue weighted by molar-refractivity contribution is 5.43. The van der Waals surface area contributed by atoms with Crippen LogP contribution in [0.3, 0.4) is 0 Å². The molecule has 0 fully saturated rings. The highest BCUT2D eigenvalue weighted by Gasteiger charge is 2.10. The lowest BCUT2D eigenvalue weighted by Gasteiger charge is -2.17. The molecule has 0 aliphatic rings. The molecule has 1 unspecified atom stereocenters. The lowest BCUT2D eigenvalue weighted by molar-refractivity contribution is 0.0894. The van der Waals surface area contributed by atoms with Gasteiger partial charge in [-0.2, -0.15) is 0 Å². The minimum absolute atomic E-state index is 0.00354. The van der Waals surface area contributed by atoms with Crippen molar-refractivity contribution >= 4 is 0 Å². The van der Waals surface area contributed by atoms with Gasteiger partial charge in [-0.3, -0.25) is 0 Å². The second kappa shape index (κ2) is 8.77. The summed E-state index contributed by atoms with van der Waals surface area (Å²) in [6, 6.07) is 6.05. The number of methoxy groups -OCH3 is 1. The van der Waals surface area contributed by atoms with Gasteiger partial charge in [-0.05, 0) is 38.1 Å². The van der Waals surface area contributed by atoms with E-state index in [-0.39, 0.29) is 6.10 Å². The Labute approximate surface area is 116 Å². The van der Waals surface area contributed by atoms with Crippen LogP contribution < -0.4 is 14.8 Å². The molecule has 19 heavy (non-hydrogen) atoms. The smallest absolute Gasteiger partial charge is 0.161 e. The first-order chi connectivity index (χ1) is 9.21. The van der Waals surface area contributed by atoms with Crippen molar-refractivity contribution < 1.29 is 14.2 Å². The first-order valence-corrected chi connectivity index (χ1v) is 6.83. The number of hydrogen-bond acceptors (Lipinski definition) is 4. The predicted molar refractivity (Wildman–Crippen MR) is 77.0 cm³/mol. The highest BCUT2D eigenvalue weighted by Crippen LogP contribution is 2.29. The van der Waals surface area contributed by atoms with Crippen LogP contribution in [0.2, 0.25) is 0 Å². The average Bonchev–Trinajstić information content (AvgIpc) is 2.39. The lowest BCUT2D eigenvalue weighted by atomic mass is 10.2. The lowest BCUT2D eigenvalue weighted by Crippen LogP contribution is -2.18. The molecule has 108 valence electrons. The molecule has 0 amide bonds. The first-order valence-electron chi connectivity index (χ1n) is 6.83. The third-order valence-electron chi connectivity index (χ3n) is 2.62. The van der Waals surface area contributed by atoms with Crippen molar-refractivity contribution in [1.82, 2.24) is 5.32 Å². The van der Waals surface area contributed by atoms with Gasteiger partial charge in [0.05, 0.1) is 13.2 Å². The zero-order valence-corrected chi connectivity index (χ0v) is 12.4. The monoisotopic (exact) mass is 267 g/mol. The van der Waals surface area contributed by atoms with Crippen molar-refractivity contribution in [2.45, 2.75) is 33.4 Å². The Hall–Kier alpha value is -1.26. The van der Waals surface area contributed by atoms with Gasteiger partial charge in [0.15, 0.2) is 11.5 Å². The van der Waals surface area contributed by atoms with Crippen molar-refractivity contribution in [3.8, 4) is 11.5 Å². The SMILES string of the molecule is CCNCc1ccc(OC(C)COC)c(OCC)c1. The van der Waals surface area contributed by atoms with E-state index < -0.39 is 0 Å². The number of benzene rings is 1. The molecule has 4 heteroatoms. The maximum Gasteiger partial charge on any atom is 0.161 e. The van der Waals surface area contributed by atoms with Gasteiger partial charge >= 0.3 is 0 Å². The number of nitrogens with one attached hydrogen (secondary N) is 1. The van der Waals surface area contributed by atoms with Crippen molar-refractivity contribution in [3.05, 3.63) is 23.8 Å². The zero-order chi connectivity index (χ0) is 14.1. The van der Waals surface area contributed by atoms with Crippen LogP contribution in [0.4, 0.5) is 0 Å². The molecule has 0 radical (unpaired) electrons. The molecular formula is C15H25NO3. The molecule has 0 aliphatic heterocycles. The van der Waals surface area contributed by atoms with E-state index in [0.717, 1.165) is 24.6 Å². The molecule has 1 atom stereocenters. The summed E-state index contributed by atoms with van der Waals surface area (Å²) in [5.74, 6) is 1.56. The van der Waals surface area contributed by atoms with E-state index in [1.165, 1.54) is 5.56 Å². The van der Waals surface area contributed by atoms with Crippen LogP contribution in [-0.4, -0.2) is 33.0 Å². The molecule has 0 saturated carbocycles. The molecular weight excluding hydrogens is 242 g/mol. The third-order valence-corrected chi connectivity index (χ3v) is 2.62. The van der Waals surface area contributed by atoms with Gasteiger partial charge in [0.25, 0.3) is 0 Å². The van der Waals surface area contributed by atoms with Crippen LogP contribution in [-0.2, 0) is 11.3 Å². The maximum atomic E-state index is 5.83. The summed E-state index contributed by atoms with van der Waals surface area (Å²) < 4.78 is 16.5. The molecule has 0 aromatic heterocycles. The topological polar surface area (TPSA) is 39.7 Å². The van der Waals surface area contributed by atoms with Crippen molar-refractivity contribution in [2.24, 2.45) is 0 Å². The molecule has 1 rings (SSSR count). The molecule has 4 nitrogen and oxygen atoms in total. The van der Waals surface area contributed by atoms with Gasteiger partial charge in [-0.25, -0.2) is 0 Å². The Kier molecular flexibility index (Phi) is 7.30. The fraction of sp³-hybridized carbons (Fsp3) is 0.600. The van der Waals surface area contributed by atoms with E-state index >= 15 is 0 Å². The average molecular weight is 267 g/mol. The quantitative estimate of drug-likeness (QED) is 0.746. The second-order valence-corrected chi connectivity index (χ2v) is 4.38. The van der Waals surface area contributed by atoms with E-state index in [1.807, 2.05) is 26.0 Å². The molecule has 0 saturated heterocycles. The summed E-state index contributed by atoms with van der Waals surface area (Å²) in [5.41, 5.74) is 1.19. The van der Waals surface area contributed by atoms with Crippen LogP contribution in [0.15, 0.2) is 18.2 Å². The van der Waals surface area contributed by atoms with Crippen molar-refractivity contribution in [1.29, 1.82) is 0 Å². The minimum Gasteiger partial charge on any atom is -0.490 e. The van der Waals surface area contributed by atoms with Gasteiger partial charge in [0.2, 0.25) is 0 Å². The van der Waals surface area contributed by atoms with Gasteiger partial charge in [-0.15, -0.1) is 0 Å². The fourth-order valence-corrected chi connectivity index (χ4v) is 1.78. The number of ether oxygens (including phenoxy) is 3. The Balaban J connectivity index is 2.78. The van der Waals surface area contributed by atoms with Crippen molar-refractivity contribution in [3.63, 3.8) is 0 Å². The van der Waals surface area contributed by atoms with Crippen LogP contribution in [0.1, 0.15) is 26.3 Å². The Bertz CT molecular complexity index is 368. The van der Waals surface area contributed by atoms with Gasteiger partial charge < -0.3 is 19.5 Å². The van der Waals surface area contributed by atoms with Crippen LogP contribution in [0, 0.1) is 0 Å². The number of hydrogen-bond donors (Lipinski definition) is 1.